The van der Waals surface area contributed by atoms with Crippen LogP contribution in [0.2, 0.25) is 0 Å². The molecule has 1 aromatic carbocycles. The summed E-state index contributed by atoms with van der Waals surface area (Å²) in [6.45, 7) is 0. The number of rotatable bonds is 4. The summed E-state index contributed by atoms with van der Waals surface area (Å²) in [4.78, 5) is 20.8. The summed E-state index contributed by atoms with van der Waals surface area (Å²) in [6, 6.07) is 7.75. The van der Waals surface area contributed by atoms with Crippen LogP contribution in [0.15, 0.2) is 45.3 Å². The summed E-state index contributed by atoms with van der Waals surface area (Å²) in [6.07, 6.45) is 2.64. The number of amides is 1. The zero-order valence-electron chi connectivity index (χ0n) is 10.1. The average molecular weight is 337 g/mol. The number of halogens is 1. The Labute approximate surface area is 122 Å². The molecule has 0 saturated carbocycles. The van der Waals surface area contributed by atoms with Crippen LogP contribution in [-0.2, 0) is 4.79 Å². The normalized spacial score (nSPS) is 10.8. The molecule has 1 heterocycles. The Morgan fingerprint density at radius 1 is 1.35 bits per heavy atom. The number of hydrogen-bond acceptors (Lipinski definition) is 4. The number of nitrogens with zero attached hydrogens (tertiary/aromatic N) is 1. The predicted octanol–water partition coefficient (Wildman–Crippen LogP) is 3.12. The minimum absolute atomic E-state index is 0.0129. The zero-order valence-corrected chi connectivity index (χ0v) is 11.7. The van der Waals surface area contributed by atoms with Gasteiger partial charge in [-0.15, -0.1) is 0 Å². The topological polar surface area (TPSA) is 99.4 Å². The minimum Gasteiger partial charge on any atom is -0.457 e. The lowest BCUT2D eigenvalue weighted by Crippen LogP contribution is -2.04. The Balaban J connectivity index is 2.33. The molecule has 0 bridgehead atoms. The van der Waals surface area contributed by atoms with Crippen LogP contribution < -0.4 is 5.73 Å². The molecule has 0 aliphatic carbocycles. The van der Waals surface area contributed by atoms with Gasteiger partial charge in [-0.25, -0.2) is 0 Å². The molecular formula is C13H9BrN2O4. The van der Waals surface area contributed by atoms with E-state index >= 15 is 0 Å². The SMILES string of the molecule is NC(=O)/C=C/c1ccc(-c2ccc([N+](=O)[O-])cc2Br)o1. The Hall–Kier alpha value is -2.41. The zero-order chi connectivity index (χ0) is 14.7. The van der Waals surface area contributed by atoms with Gasteiger partial charge < -0.3 is 10.2 Å². The number of non-ortho nitro benzene ring substituents is 1. The first-order valence-electron chi connectivity index (χ1n) is 5.49. The first-order chi connectivity index (χ1) is 9.47. The molecule has 2 aromatic rings. The van der Waals surface area contributed by atoms with Gasteiger partial charge in [0.15, 0.2) is 0 Å². The molecule has 0 aliphatic rings. The van der Waals surface area contributed by atoms with Gasteiger partial charge in [-0.1, -0.05) is 0 Å². The van der Waals surface area contributed by atoms with Crippen LogP contribution in [0.4, 0.5) is 5.69 Å². The van der Waals surface area contributed by atoms with Crippen molar-refractivity contribution in [2.24, 2.45) is 5.73 Å². The lowest BCUT2D eigenvalue weighted by atomic mass is 10.1. The molecule has 2 N–H and O–H groups in total. The molecule has 0 fully saturated rings. The molecule has 2 rings (SSSR count). The highest BCUT2D eigenvalue weighted by atomic mass is 79.9. The maximum Gasteiger partial charge on any atom is 0.270 e. The Morgan fingerprint density at radius 3 is 2.70 bits per heavy atom. The summed E-state index contributed by atoms with van der Waals surface area (Å²) in [5.74, 6) is 0.416. The third-order valence-corrected chi connectivity index (χ3v) is 3.12. The van der Waals surface area contributed by atoms with Gasteiger partial charge in [0, 0.05) is 28.2 Å². The van der Waals surface area contributed by atoms with Crippen molar-refractivity contribution in [3.63, 3.8) is 0 Å². The van der Waals surface area contributed by atoms with Crippen LogP contribution in [0.1, 0.15) is 5.76 Å². The summed E-state index contributed by atoms with van der Waals surface area (Å²) in [5.41, 5.74) is 5.65. The molecule has 7 heteroatoms. The number of furan rings is 1. The fourth-order valence-corrected chi connectivity index (χ4v) is 2.13. The molecule has 0 spiro atoms. The fourth-order valence-electron chi connectivity index (χ4n) is 1.57. The third-order valence-electron chi connectivity index (χ3n) is 2.47. The van der Waals surface area contributed by atoms with Crippen molar-refractivity contribution in [1.82, 2.24) is 0 Å². The lowest BCUT2D eigenvalue weighted by molar-refractivity contribution is -0.384. The Bertz CT molecular complexity index is 706. The molecule has 102 valence electrons. The highest BCUT2D eigenvalue weighted by molar-refractivity contribution is 9.10. The molecule has 0 atom stereocenters. The van der Waals surface area contributed by atoms with E-state index in [0.717, 1.165) is 0 Å². The molecule has 1 amide bonds. The molecule has 0 aliphatic heterocycles. The van der Waals surface area contributed by atoms with Gasteiger partial charge in [-0.05, 0) is 40.2 Å². The number of hydrogen-bond donors (Lipinski definition) is 1. The lowest BCUT2D eigenvalue weighted by Gasteiger charge is -2.00. The van der Waals surface area contributed by atoms with Gasteiger partial charge in [0.25, 0.3) is 5.69 Å². The van der Waals surface area contributed by atoms with Gasteiger partial charge in [0.05, 0.1) is 4.92 Å². The first kappa shape index (κ1) is 14.0. The van der Waals surface area contributed by atoms with E-state index < -0.39 is 10.8 Å². The van der Waals surface area contributed by atoms with Gasteiger partial charge in [-0.3, -0.25) is 14.9 Å². The maximum atomic E-state index is 10.7. The van der Waals surface area contributed by atoms with Crippen LogP contribution in [0.3, 0.4) is 0 Å². The summed E-state index contributed by atoms with van der Waals surface area (Å²) < 4.78 is 6.05. The quantitative estimate of drug-likeness (QED) is 0.526. The van der Waals surface area contributed by atoms with Crippen molar-refractivity contribution >= 4 is 33.6 Å². The van der Waals surface area contributed by atoms with E-state index in [1.807, 2.05) is 0 Å². The molecule has 0 radical (unpaired) electrons. The van der Waals surface area contributed by atoms with Crippen molar-refractivity contribution in [2.45, 2.75) is 0 Å². The second-order valence-corrected chi connectivity index (χ2v) is 4.71. The largest absolute Gasteiger partial charge is 0.457 e. The molecule has 0 unspecified atom stereocenters. The summed E-state index contributed by atoms with van der Waals surface area (Å²) in [5, 5.41) is 10.7. The summed E-state index contributed by atoms with van der Waals surface area (Å²) >= 11 is 3.27. The van der Waals surface area contributed by atoms with Gasteiger partial charge in [-0.2, -0.15) is 0 Å². The predicted molar refractivity (Wildman–Crippen MR) is 76.7 cm³/mol. The van der Waals surface area contributed by atoms with E-state index in [1.165, 1.54) is 24.3 Å². The molecule has 20 heavy (non-hydrogen) atoms. The van der Waals surface area contributed by atoms with Crippen molar-refractivity contribution < 1.29 is 14.1 Å². The second-order valence-electron chi connectivity index (χ2n) is 3.86. The van der Waals surface area contributed by atoms with Crippen molar-refractivity contribution in [3.8, 4) is 11.3 Å². The number of carbonyl (C=O) groups is 1. The van der Waals surface area contributed by atoms with Crippen molar-refractivity contribution in [3.05, 3.63) is 56.8 Å². The van der Waals surface area contributed by atoms with E-state index in [0.29, 0.717) is 21.6 Å². The highest BCUT2D eigenvalue weighted by Gasteiger charge is 2.12. The van der Waals surface area contributed by atoms with Gasteiger partial charge in [0.2, 0.25) is 5.91 Å². The van der Waals surface area contributed by atoms with Gasteiger partial charge >= 0.3 is 0 Å². The van der Waals surface area contributed by atoms with Crippen LogP contribution in [0, 0.1) is 10.1 Å². The van der Waals surface area contributed by atoms with Crippen LogP contribution in [0.25, 0.3) is 17.4 Å². The molecular weight excluding hydrogens is 328 g/mol. The van der Waals surface area contributed by atoms with Crippen molar-refractivity contribution in [1.29, 1.82) is 0 Å². The van der Waals surface area contributed by atoms with E-state index in [-0.39, 0.29) is 5.69 Å². The van der Waals surface area contributed by atoms with E-state index in [9.17, 15) is 14.9 Å². The monoisotopic (exact) mass is 336 g/mol. The van der Waals surface area contributed by atoms with Gasteiger partial charge in [0.1, 0.15) is 11.5 Å². The molecule has 1 aromatic heterocycles. The average Bonchev–Trinajstić information content (AvgIpc) is 2.84. The number of nitrogens with two attached hydrogens (primary N) is 1. The first-order valence-corrected chi connectivity index (χ1v) is 6.28. The Morgan fingerprint density at radius 2 is 2.10 bits per heavy atom. The number of nitro benzene ring substituents is 1. The third kappa shape index (κ3) is 3.12. The van der Waals surface area contributed by atoms with Crippen LogP contribution >= 0.6 is 15.9 Å². The molecule has 6 nitrogen and oxygen atoms in total. The minimum atomic E-state index is -0.570. The number of carbonyl (C=O) groups excluding carboxylic acids is 1. The van der Waals surface area contributed by atoms with Crippen molar-refractivity contribution in [2.75, 3.05) is 0 Å². The standard InChI is InChI=1S/C13H9BrN2O4/c14-11-7-8(16(18)19)1-4-10(11)12-5-2-9(20-12)3-6-13(15)17/h1-7H,(H2,15,17)/b6-3+. The second kappa shape index (κ2) is 5.70. The van der Waals surface area contributed by atoms with E-state index in [1.54, 1.807) is 18.2 Å². The maximum absolute atomic E-state index is 10.7. The van der Waals surface area contributed by atoms with Crippen LogP contribution in [-0.4, -0.2) is 10.8 Å². The fraction of sp³-hybridized carbons (Fsp3) is 0. The highest BCUT2D eigenvalue weighted by Crippen LogP contribution is 2.32. The van der Waals surface area contributed by atoms with E-state index in [2.05, 4.69) is 15.9 Å². The van der Waals surface area contributed by atoms with Crippen LogP contribution in [0.5, 0.6) is 0 Å². The number of benzene rings is 1. The number of primary amides is 1. The Kier molecular flexibility index (Phi) is 3.99. The smallest absolute Gasteiger partial charge is 0.270 e. The molecule has 0 saturated heterocycles. The number of nitro groups is 1. The summed E-state index contributed by atoms with van der Waals surface area (Å²) in [7, 11) is 0. The van der Waals surface area contributed by atoms with E-state index in [4.69, 9.17) is 10.2 Å².